The van der Waals surface area contributed by atoms with Gasteiger partial charge in [-0.15, -0.1) is 0 Å². The van der Waals surface area contributed by atoms with Gasteiger partial charge in [-0.3, -0.25) is 9.59 Å². The first-order valence-electron chi connectivity index (χ1n) is 11.0. The Morgan fingerprint density at radius 3 is 2.33 bits per heavy atom. The van der Waals surface area contributed by atoms with Gasteiger partial charge in [-0.25, -0.2) is 0 Å². The zero-order valence-corrected chi connectivity index (χ0v) is 19.4. The molecule has 0 aromatic heterocycles. The van der Waals surface area contributed by atoms with Crippen molar-refractivity contribution in [2.24, 2.45) is 0 Å². The van der Waals surface area contributed by atoms with Crippen LogP contribution in [0.2, 0.25) is 0 Å². The molecule has 4 rings (SSSR count). The minimum atomic E-state index is -4.54. The second-order valence-electron chi connectivity index (χ2n) is 8.14. The van der Waals surface area contributed by atoms with Crippen molar-refractivity contribution in [2.45, 2.75) is 19.0 Å². The summed E-state index contributed by atoms with van der Waals surface area (Å²) in [6, 6.07) is 21.5. The Morgan fingerprint density at radius 1 is 0.861 bits per heavy atom. The van der Waals surface area contributed by atoms with Gasteiger partial charge in [-0.05, 0) is 65.7 Å². The largest absolute Gasteiger partial charge is 0.497 e. The lowest BCUT2D eigenvalue weighted by Gasteiger charge is -2.15. The Bertz CT molecular complexity index is 1430. The van der Waals surface area contributed by atoms with Crippen molar-refractivity contribution in [3.8, 4) is 11.5 Å². The Labute approximate surface area is 205 Å². The third-order valence-electron chi connectivity index (χ3n) is 5.72. The fourth-order valence-corrected chi connectivity index (χ4v) is 3.69. The van der Waals surface area contributed by atoms with Crippen molar-refractivity contribution in [3.63, 3.8) is 0 Å². The van der Waals surface area contributed by atoms with Crippen LogP contribution in [-0.4, -0.2) is 19.0 Å². The van der Waals surface area contributed by atoms with Gasteiger partial charge in [0, 0.05) is 5.69 Å². The standard InChI is InChI=1S/C28H22F3NO4/c1-17(18-10-11-20-15-23(35-2)13-12-19(20)14-18)27(34)36-25-9-4-3-8-24(25)26(33)32-22-7-5-6-21(16-22)28(29,30)31/h3-17H,1-2H3,(H,32,33). The number of ether oxygens (including phenoxy) is 2. The van der Waals surface area contributed by atoms with Gasteiger partial charge in [0.25, 0.3) is 5.91 Å². The molecule has 1 atom stereocenters. The summed E-state index contributed by atoms with van der Waals surface area (Å²) in [5.74, 6) is -1.20. The summed E-state index contributed by atoms with van der Waals surface area (Å²) in [6.07, 6.45) is -4.54. The highest BCUT2D eigenvalue weighted by molar-refractivity contribution is 6.06. The zero-order valence-electron chi connectivity index (χ0n) is 19.4. The first-order valence-corrected chi connectivity index (χ1v) is 11.0. The molecule has 0 aliphatic heterocycles. The van der Waals surface area contributed by atoms with Crippen molar-refractivity contribution in [3.05, 3.63) is 102 Å². The predicted molar refractivity (Wildman–Crippen MR) is 130 cm³/mol. The molecule has 5 nitrogen and oxygen atoms in total. The average Bonchev–Trinajstić information content (AvgIpc) is 2.87. The molecule has 0 spiro atoms. The molecule has 0 heterocycles. The van der Waals surface area contributed by atoms with E-state index in [1.54, 1.807) is 26.2 Å². The van der Waals surface area contributed by atoms with Gasteiger partial charge in [-0.1, -0.05) is 42.5 Å². The number of fused-ring (bicyclic) bond motifs is 1. The third kappa shape index (κ3) is 5.49. The van der Waals surface area contributed by atoms with Gasteiger partial charge < -0.3 is 14.8 Å². The lowest BCUT2D eigenvalue weighted by Crippen LogP contribution is -2.19. The number of hydrogen-bond donors (Lipinski definition) is 1. The van der Waals surface area contributed by atoms with Crippen LogP contribution in [0.1, 0.15) is 34.3 Å². The van der Waals surface area contributed by atoms with Crippen molar-refractivity contribution < 1.29 is 32.2 Å². The molecule has 0 saturated carbocycles. The van der Waals surface area contributed by atoms with Crippen LogP contribution in [0.5, 0.6) is 11.5 Å². The number of para-hydroxylation sites is 1. The molecule has 4 aromatic rings. The SMILES string of the molecule is COc1ccc2cc(C(C)C(=O)Oc3ccccc3C(=O)Nc3cccc(C(F)(F)F)c3)ccc2c1. The minimum absolute atomic E-state index is 0.00403. The molecule has 1 amide bonds. The van der Waals surface area contributed by atoms with Crippen molar-refractivity contribution in [2.75, 3.05) is 12.4 Å². The highest BCUT2D eigenvalue weighted by Gasteiger charge is 2.30. The first kappa shape index (κ1) is 24.8. The normalized spacial score (nSPS) is 12.1. The summed E-state index contributed by atoms with van der Waals surface area (Å²) < 4.78 is 49.8. The fourth-order valence-electron chi connectivity index (χ4n) is 3.69. The number of rotatable bonds is 6. The van der Waals surface area contributed by atoms with E-state index < -0.39 is 29.5 Å². The monoisotopic (exact) mass is 493 g/mol. The lowest BCUT2D eigenvalue weighted by atomic mass is 9.97. The van der Waals surface area contributed by atoms with E-state index in [1.807, 2.05) is 36.4 Å². The number of halogens is 3. The Kier molecular flexibility index (Phi) is 6.96. The van der Waals surface area contributed by atoms with Crippen molar-refractivity contribution in [1.82, 2.24) is 0 Å². The number of carbonyl (C=O) groups excluding carboxylic acids is 2. The van der Waals surface area contributed by atoms with Crippen LogP contribution in [0.4, 0.5) is 18.9 Å². The molecule has 0 saturated heterocycles. The molecule has 0 fully saturated rings. The second-order valence-corrected chi connectivity index (χ2v) is 8.14. The van der Waals surface area contributed by atoms with E-state index in [1.165, 1.54) is 24.3 Å². The maximum absolute atomic E-state index is 13.0. The highest BCUT2D eigenvalue weighted by Crippen LogP contribution is 2.31. The summed E-state index contributed by atoms with van der Waals surface area (Å²) in [4.78, 5) is 25.8. The van der Waals surface area contributed by atoms with Gasteiger partial charge >= 0.3 is 12.1 Å². The van der Waals surface area contributed by atoms with Gasteiger partial charge in [0.05, 0.1) is 24.2 Å². The average molecular weight is 493 g/mol. The van der Waals surface area contributed by atoms with Crippen LogP contribution in [0.15, 0.2) is 84.9 Å². The zero-order chi connectivity index (χ0) is 25.9. The Morgan fingerprint density at radius 2 is 1.58 bits per heavy atom. The number of nitrogens with one attached hydrogen (secondary N) is 1. The Hall–Kier alpha value is -4.33. The van der Waals surface area contributed by atoms with E-state index in [0.29, 0.717) is 0 Å². The molecular formula is C28H22F3NO4. The molecule has 0 aliphatic rings. The lowest BCUT2D eigenvalue weighted by molar-refractivity contribution is -0.137. The quantitative estimate of drug-likeness (QED) is 0.236. The summed E-state index contributed by atoms with van der Waals surface area (Å²) in [6.45, 7) is 1.69. The van der Waals surface area contributed by atoms with Gasteiger partial charge in [-0.2, -0.15) is 13.2 Å². The van der Waals surface area contributed by atoms with E-state index in [9.17, 15) is 22.8 Å². The first-order chi connectivity index (χ1) is 17.2. The van der Waals surface area contributed by atoms with E-state index in [4.69, 9.17) is 9.47 Å². The number of carbonyl (C=O) groups is 2. The molecule has 0 aliphatic carbocycles. The van der Waals surface area contributed by atoms with E-state index in [2.05, 4.69) is 5.32 Å². The van der Waals surface area contributed by atoms with Crippen LogP contribution in [0.25, 0.3) is 10.8 Å². The van der Waals surface area contributed by atoms with Crippen molar-refractivity contribution >= 4 is 28.3 Å². The molecule has 1 unspecified atom stereocenters. The van der Waals surface area contributed by atoms with E-state index in [-0.39, 0.29) is 17.0 Å². The number of anilines is 1. The summed E-state index contributed by atoms with van der Waals surface area (Å²) >= 11 is 0. The molecule has 1 N–H and O–H groups in total. The number of methoxy groups -OCH3 is 1. The van der Waals surface area contributed by atoms with Crippen LogP contribution >= 0.6 is 0 Å². The fraction of sp³-hybridized carbons (Fsp3) is 0.143. The van der Waals surface area contributed by atoms with E-state index in [0.717, 1.165) is 34.2 Å². The van der Waals surface area contributed by atoms with Crippen molar-refractivity contribution in [1.29, 1.82) is 0 Å². The third-order valence-corrected chi connectivity index (χ3v) is 5.72. The molecule has 4 aromatic carbocycles. The number of benzene rings is 4. The molecule has 0 bridgehead atoms. The topological polar surface area (TPSA) is 64.6 Å². The number of hydrogen-bond acceptors (Lipinski definition) is 4. The Balaban J connectivity index is 1.52. The smallest absolute Gasteiger partial charge is 0.416 e. The van der Waals surface area contributed by atoms with Crippen LogP contribution in [0.3, 0.4) is 0 Å². The maximum Gasteiger partial charge on any atom is 0.416 e. The predicted octanol–water partition coefficient (Wildman–Crippen LogP) is 6.83. The number of alkyl halides is 3. The molecule has 0 radical (unpaired) electrons. The summed E-state index contributed by atoms with van der Waals surface area (Å²) in [5, 5.41) is 4.31. The second kappa shape index (κ2) is 10.1. The van der Waals surface area contributed by atoms with Crippen LogP contribution < -0.4 is 14.8 Å². The highest BCUT2D eigenvalue weighted by atomic mass is 19.4. The van der Waals surface area contributed by atoms with Gasteiger partial charge in [0.2, 0.25) is 0 Å². The summed E-state index contributed by atoms with van der Waals surface area (Å²) in [7, 11) is 1.59. The van der Waals surface area contributed by atoms with Gasteiger partial charge in [0.15, 0.2) is 0 Å². The number of esters is 1. The molecule has 36 heavy (non-hydrogen) atoms. The van der Waals surface area contributed by atoms with Crippen LogP contribution in [-0.2, 0) is 11.0 Å². The summed E-state index contributed by atoms with van der Waals surface area (Å²) in [5.41, 5.74) is -0.176. The maximum atomic E-state index is 13.0. The molecule has 184 valence electrons. The van der Waals surface area contributed by atoms with Gasteiger partial charge in [0.1, 0.15) is 11.5 Å². The van der Waals surface area contributed by atoms with Crippen LogP contribution in [0, 0.1) is 0 Å². The minimum Gasteiger partial charge on any atom is -0.497 e. The van der Waals surface area contributed by atoms with E-state index >= 15 is 0 Å². The molecule has 8 heteroatoms. The molecular weight excluding hydrogens is 471 g/mol. The number of amides is 1.